The summed E-state index contributed by atoms with van der Waals surface area (Å²) < 4.78 is 0. The number of halogens is 2. The summed E-state index contributed by atoms with van der Waals surface area (Å²) in [4.78, 5) is 8.75. The third-order valence-electron chi connectivity index (χ3n) is 4.05. The highest BCUT2D eigenvalue weighted by Gasteiger charge is 2.21. The van der Waals surface area contributed by atoms with E-state index in [2.05, 4.69) is 28.3 Å². The minimum Gasteiger partial charge on any atom is -0.358 e. The fourth-order valence-electron chi connectivity index (χ4n) is 2.79. The van der Waals surface area contributed by atoms with E-state index in [0.717, 1.165) is 35.9 Å². The number of aryl methyl sites for hydroxylation is 1. The zero-order chi connectivity index (χ0) is 16.9. The SMILES string of the molecule is CCc1cnccc1CC(NC1=NCCS1)c1cccc(Cl)c1Cl. The molecule has 3 nitrogen and oxygen atoms in total. The van der Waals surface area contributed by atoms with Crippen LogP contribution in [-0.2, 0) is 12.8 Å². The molecule has 3 rings (SSSR count). The Morgan fingerprint density at radius 1 is 1.25 bits per heavy atom. The molecule has 0 saturated heterocycles. The average Bonchev–Trinajstić information content (AvgIpc) is 3.10. The minimum atomic E-state index is 0.0215. The van der Waals surface area contributed by atoms with Crippen molar-refractivity contribution in [3.05, 3.63) is 63.4 Å². The second-order valence-electron chi connectivity index (χ2n) is 5.58. The second kappa shape index (κ2) is 8.24. The normalized spacial score (nSPS) is 15.2. The predicted molar refractivity (Wildman–Crippen MR) is 104 cm³/mol. The zero-order valence-corrected chi connectivity index (χ0v) is 15.8. The van der Waals surface area contributed by atoms with Crippen LogP contribution >= 0.6 is 35.0 Å². The molecule has 2 heterocycles. The van der Waals surface area contributed by atoms with Gasteiger partial charge in [-0.3, -0.25) is 9.98 Å². The van der Waals surface area contributed by atoms with Gasteiger partial charge in [0.1, 0.15) is 0 Å². The number of pyridine rings is 1. The van der Waals surface area contributed by atoms with Crippen molar-refractivity contribution in [2.24, 2.45) is 4.99 Å². The molecule has 0 amide bonds. The molecule has 0 bridgehead atoms. The van der Waals surface area contributed by atoms with Crippen molar-refractivity contribution >= 4 is 40.1 Å². The second-order valence-corrected chi connectivity index (χ2v) is 7.45. The maximum absolute atomic E-state index is 6.48. The van der Waals surface area contributed by atoms with Crippen LogP contribution < -0.4 is 5.32 Å². The molecule has 1 atom stereocenters. The summed E-state index contributed by atoms with van der Waals surface area (Å²) in [6.07, 6.45) is 5.54. The van der Waals surface area contributed by atoms with Gasteiger partial charge in [-0.1, -0.05) is 54.0 Å². The topological polar surface area (TPSA) is 37.3 Å². The first-order chi connectivity index (χ1) is 11.7. The highest BCUT2D eigenvalue weighted by Crippen LogP contribution is 2.32. The number of hydrogen-bond acceptors (Lipinski definition) is 4. The molecule has 2 aromatic rings. The number of aliphatic imine (C=N–C) groups is 1. The van der Waals surface area contributed by atoms with Gasteiger partial charge in [-0.05, 0) is 41.7 Å². The van der Waals surface area contributed by atoms with Gasteiger partial charge in [0.2, 0.25) is 0 Å². The molecule has 0 spiro atoms. The summed E-state index contributed by atoms with van der Waals surface area (Å²) in [5.74, 6) is 1.02. The Morgan fingerprint density at radius 3 is 2.88 bits per heavy atom. The van der Waals surface area contributed by atoms with E-state index < -0.39 is 0 Å². The molecule has 1 aromatic heterocycles. The molecule has 1 aliphatic heterocycles. The van der Waals surface area contributed by atoms with Crippen molar-refractivity contribution in [3.63, 3.8) is 0 Å². The smallest absolute Gasteiger partial charge is 0.157 e. The van der Waals surface area contributed by atoms with Crippen molar-refractivity contribution in [2.75, 3.05) is 12.3 Å². The first-order valence-electron chi connectivity index (χ1n) is 7.98. The predicted octanol–water partition coefficient (Wildman–Crippen LogP) is 4.93. The summed E-state index contributed by atoms with van der Waals surface area (Å²) in [5, 5.41) is 5.71. The Balaban J connectivity index is 1.93. The number of nitrogens with one attached hydrogen (secondary N) is 1. The van der Waals surface area contributed by atoms with Crippen LogP contribution in [0.2, 0.25) is 10.0 Å². The zero-order valence-electron chi connectivity index (χ0n) is 13.4. The van der Waals surface area contributed by atoms with Crippen LogP contribution in [-0.4, -0.2) is 22.4 Å². The minimum absolute atomic E-state index is 0.0215. The average molecular weight is 380 g/mol. The van der Waals surface area contributed by atoms with Crippen LogP contribution in [0.25, 0.3) is 0 Å². The van der Waals surface area contributed by atoms with Gasteiger partial charge in [-0.2, -0.15) is 0 Å². The fourth-order valence-corrected chi connectivity index (χ4v) is 4.02. The molecule has 0 saturated carbocycles. The van der Waals surface area contributed by atoms with Gasteiger partial charge in [0.25, 0.3) is 0 Å². The molecular weight excluding hydrogens is 361 g/mol. The Morgan fingerprint density at radius 2 is 2.12 bits per heavy atom. The summed E-state index contributed by atoms with van der Waals surface area (Å²) in [7, 11) is 0. The van der Waals surface area contributed by atoms with Gasteiger partial charge in [-0.15, -0.1) is 0 Å². The lowest BCUT2D eigenvalue weighted by Gasteiger charge is -2.22. The van der Waals surface area contributed by atoms with Crippen molar-refractivity contribution in [2.45, 2.75) is 25.8 Å². The van der Waals surface area contributed by atoms with Gasteiger partial charge in [0.15, 0.2) is 5.17 Å². The Kier molecular flexibility index (Phi) is 6.04. The number of thioether (sulfide) groups is 1. The summed E-state index contributed by atoms with van der Waals surface area (Å²) >= 11 is 14.5. The van der Waals surface area contributed by atoms with Gasteiger partial charge in [0.05, 0.1) is 22.6 Å². The van der Waals surface area contributed by atoms with E-state index in [-0.39, 0.29) is 6.04 Å². The molecule has 0 aliphatic carbocycles. The van der Waals surface area contributed by atoms with Crippen molar-refractivity contribution in [1.29, 1.82) is 0 Å². The standard InChI is InChI=1S/C18H19Cl2N3S/c1-2-12-11-21-7-6-13(12)10-16(23-18-22-8-9-24-18)14-4-3-5-15(19)17(14)20/h3-7,11,16H,2,8-10H2,1H3,(H,22,23). The van der Waals surface area contributed by atoms with Gasteiger partial charge >= 0.3 is 0 Å². The highest BCUT2D eigenvalue weighted by atomic mass is 35.5. The van der Waals surface area contributed by atoms with Gasteiger partial charge in [-0.25, -0.2) is 0 Å². The highest BCUT2D eigenvalue weighted by molar-refractivity contribution is 8.14. The molecule has 1 aromatic carbocycles. The third-order valence-corrected chi connectivity index (χ3v) is 5.79. The van der Waals surface area contributed by atoms with Crippen LogP contribution in [0.15, 0.2) is 41.7 Å². The maximum Gasteiger partial charge on any atom is 0.157 e. The number of nitrogens with zero attached hydrogens (tertiary/aromatic N) is 2. The first-order valence-corrected chi connectivity index (χ1v) is 9.72. The Labute approximate surface area is 156 Å². The van der Waals surface area contributed by atoms with E-state index >= 15 is 0 Å². The summed E-state index contributed by atoms with van der Waals surface area (Å²) in [5.41, 5.74) is 3.52. The number of aromatic nitrogens is 1. The number of hydrogen-bond donors (Lipinski definition) is 1. The van der Waals surface area contributed by atoms with E-state index in [9.17, 15) is 0 Å². The summed E-state index contributed by atoms with van der Waals surface area (Å²) in [6.45, 7) is 3.00. The molecule has 0 fully saturated rings. The molecule has 1 aliphatic rings. The molecule has 24 heavy (non-hydrogen) atoms. The molecule has 0 radical (unpaired) electrons. The lowest BCUT2D eigenvalue weighted by atomic mass is 9.96. The number of benzene rings is 1. The van der Waals surface area contributed by atoms with Crippen LogP contribution in [0.1, 0.15) is 29.7 Å². The fraction of sp³-hybridized carbons (Fsp3) is 0.333. The summed E-state index contributed by atoms with van der Waals surface area (Å²) in [6, 6.07) is 7.88. The van der Waals surface area contributed by atoms with Crippen LogP contribution in [0, 0.1) is 0 Å². The Hall–Kier alpha value is -1.23. The van der Waals surface area contributed by atoms with Crippen molar-refractivity contribution in [3.8, 4) is 0 Å². The van der Waals surface area contributed by atoms with Crippen LogP contribution in [0.4, 0.5) is 0 Å². The first kappa shape index (κ1) is 17.6. The van der Waals surface area contributed by atoms with Crippen LogP contribution in [0.3, 0.4) is 0 Å². The Bertz CT molecular complexity index is 749. The van der Waals surface area contributed by atoms with E-state index in [1.807, 2.05) is 30.6 Å². The van der Waals surface area contributed by atoms with E-state index in [1.54, 1.807) is 11.8 Å². The molecule has 1 N–H and O–H groups in total. The maximum atomic E-state index is 6.48. The van der Waals surface area contributed by atoms with E-state index in [1.165, 1.54) is 11.1 Å². The molecule has 1 unspecified atom stereocenters. The third kappa shape index (κ3) is 4.05. The molecular formula is C18H19Cl2N3S. The van der Waals surface area contributed by atoms with Crippen molar-refractivity contribution in [1.82, 2.24) is 10.3 Å². The van der Waals surface area contributed by atoms with Gasteiger partial charge < -0.3 is 5.32 Å². The van der Waals surface area contributed by atoms with Crippen molar-refractivity contribution < 1.29 is 0 Å². The lowest BCUT2D eigenvalue weighted by Crippen LogP contribution is -2.27. The molecule has 126 valence electrons. The van der Waals surface area contributed by atoms with Gasteiger partial charge in [0, 0.05) is 18.1 Å². The quantitative estimate of drug-likeness (QED) is 0.800. The van der Waals surface area contributed by atoms with Crippen LogP contribution in [0.5, 0.6) is 0 Å². The van der Waals surface area contributed by atoms with E-state index in [0.29, 0.717) is 10.0 Å². The number of amidine groups is 1. The number of rotatable bonds is 5. The monoisotopic (exact) mass is 379 g/mol. The lowest BCUT2D eigenvalue weighted by molar-refractivity contribution is 0.644. The van der Waals surface area contributed by atoms with E-state index in [4.69, 9.17) is 23.2 Å². The largest absolute Gasteiger partial charge is 0.358 e. The molecule has 6 heteroatoms.